The monoisotopic (exact) mass is 703 g/mol. The molecular formula is C51H33N3O. The van der Waals surface area contributed by atoms with Crippen LogP contribution in [0.2, 0.25) is 0 Å². The minimum atomic E-state index is 0.614. The largest absolute Gasteiger partial charge is 0.456 e. The highest BCUT2D eigenvalue weighted by atomic mass is 16.3. The summed E-state index contributed by atoms with van der Waals surface area (Å²) in [6.07, 6.45) is 0. The van der Waals surface area contributed by atoms with Crippen LogP contribution in [0.15, 0.2) is 205 Å². The summed E-state index contributed by atoms with van der Waals surface area (Å²) in [7, 11) is 0. The fourth-order valence-corrected chi connectivity index (χ4v) is 7.32. The van der Waals surface area contributed by atoms with Gasteiger partial charge in [0.2, 0.25) is 0 Å². The molecule has 0 atom stereocenters. The minimum absolute atomic E-state index is 0.614. The first-order valence-electron chi connectivity index (χ1n) is 18.4. The summed E-state index contributed by atoms with van der Waals surface area (Å²) < 4.78 is 6.19. The highest BCUT2D eigenvalue weighted by molar-refractivity contribution is 6.05. The van der Waals surface area contributed by atoms with E-state index in [1.165, 1.54) is 11.1 Å². The molecule has 0 N–H and O–H groups in total. The van der Waals surface area contributed by atoms with Crippen LogP contribution in [0.4, 0.5) is 0 Å². The van der Waals surface area contributed by atoms with Crippen LogP contribution < -0.4 is 0 Å². The van der Waals surface area contributed by atoms with Crippen molar-refractivity contribution in [3.8, 4) is 78.7 Å². The van der Waals surface area contributed by atoms with Gasteiger partial charge in [-0.25, -0.2) is 15.0 Å². The van der Waals surface area contributed by atoms with Crippen LogP contribution in [0.5, 0.6) is 0 Å². The Morgan fingerprint density at radius 1 is 0.255 bits per heavy atom. The van der Waals surface area contributed by atoms with Crippen LogP contribution in [-0.4, -0.2) is 15.0 Å². The van der Waals surface area contributed by atoms with Crippen LogP contribution >= 0.6 is 0 Å². The van der Waals surface area contributed by atoms with Crippen molar-refractivity contribution in [1.29, 1.82) is 0 Å². The Balaban J connectivity index is 1.03. The third-order valence-corrected chi connectivity index (χ3v) is 10.2. The quantitative estimate of drug-likeness (QED) is 0.166. The molecule has 2 heterocycles. The van der Waals surface area contributed by atoms with E-state index in [4.69, 9.17) is 19.4 Å². The summed E-state index contributed by atoms with van der Waals surface area (Å²) >= 11 is 0. The number of hydrogen-bond donors (Lipinski definition) is 0. The smallest absolute Gasteiger partial charge is 0.164 e. The minimum Gasteiger partial charge on any atom is -0.456 e. The molecule has 0 aliphatic carbocycles. The summed E-state index contributed by atoms with van der Waals surface area (Å²) in [6.45, 7) is 0. The Labute approximate surface area is 319 Å². The summed E-state index contributed by atoms with van der Waals surface area (Å²) in [5.41, 5.74) is 13.6. The van der Waals surface area contributed by atoms with Crippen molar-refractivity contribution in [1.82, 2.24) is 15.0 Å². The number of fused-ring (bicyclic) bond motifs is 3. The average molecular weight is 704 g/mol. The molecule has 0 aliphatic heterocycles. The van der Waals surface area contributed by atoms with E-state index >= 15 is 0 Å². The van der Waals surface area contributed by atoms with Crippen LogP contribution in [0.1, 0.15) is 0 Å². The average Bonchev–Trinajstić information content (AvgIpc) is 3.65. The summed E-state index contributed by atoms with van der Waals surface area (Å²) in [6, 6.07) is 69.3. The maximum Gasteiger partial charge on any atom is 0.164 e. The van der Waals surface area contributed by atoms with Crippen molar-refractivity contribution in [2.75, 3.05) is 0 Å². The summed E-state index contributed by atoms with van der Waals surface area (Å²) in [5.74, 6) is 1.86. The number of aromatic nitrogens is 3. The lowest BCUT2D eigenvalue weighted by molar-refractivity contribution is 0.669. The van der Waals surface area contributed by atoms with Crippen molar-refractivity contribution in [2.45, 2.75) is 0 Å². The first-order valence-corrected chi connectivity index (χ1v) is 18.4. The van der Waals surface area contributed by atoms with Crippen molar-refractivity contribution in [3.05, 3.63) is 200 Å². The van der Waals surface area contributed by atoms with Gasteiger partial charge in [-0.15, -0.1) is 0 Å². The number of rotatable bonds is 7. The molecule has 55 heavy (non-hydrogen) atoms. The van der Waals surface area contributed by atoms with E-state index in [0.717, 1.165) is 72.0 Å². The first-order chi connectivity index (χ1) is 27.2. The molecular weight excluding hydrogens is 671 g/mol. The molecule has 0 fully saturated rings. The van der Waals surface area contributed by atoms with Crippen molar-refractivity contribution in [3.63, 3.8) is 0 Å². The number of furan rings is 1. The molecule has 8 aromatic carbocycles. The number of nitrogens with zero attached hydrogens (tertiary/aromatic N) is 3. The highest BCUT2D eigenvalue weighted by Gasteiger charge is 2.16. The number of benzene rings is 8. The highest BCUT2D eigenvalue weighted by Crippen LogP contribution is 2.35. The zero-order chi connectivity index (χ0) is 36.6. The van der Waals surface area contributed by atoms with Crippen molar-refractivity contribution in [2.24, 2.45) is 0 Å². The number of hydrogen-bond acceptors (Lipinski definition) is 4. The van der Waals surface area contributed by atoms with Crippen molar-refractivity contribution >= 4 is 21.9 Å². The van der Waals surface area contributed by atoms with E-state index in [1.807, 2.05) is 36.4 Å². The molecule has 4 nitrogen and oxygen atoms in total. The SMILES string of the molecule is c1ccc(-c2ccc(-c3ccc(-c4nc(-c5ccc(-c6ccc7c(c6)oc6ccccc67)cc5)nc(-c5ccccc5-c5ccccc5)n4)cc3)cc2)cc1. The van der Waals surface area contributed by atoms with E-state index in [2.05, 4.69) is 164 Å². The molecule has 10 rings (SSSR count). The Morgan fingerprint density at radius 3 is 1.25 bits per heavy atom. The Morgan fingerprint density at radius 2 is 0.655 bits per heavy atom. The van der Waals surface area contributed by atoms with Gasteiger partial charge in [0.1, 0.15) is 11.2 Å². The van der Waals surface area contributed by atoms with E-state index in [0.29, 0.717) is 17.5 Å². The number of para-hydroxylation sites is 1. The predicted octanol–water partition coefficient (Wildman–Crippen LogP) is 13.4. The third kappa shape index (κ3) is 6.26. The van der Waals surface area contributed by atoms with E-state index in [9.17, 15) is 0 Å². The van der Waals surface area contributed by atoms with Crippen molar-refractivity contribution < 1.29 is 4.42 Å². The predicted molar refractivity (Wildman–Crippen MR) is 225 cm³/mol. The van der Waals surface area contributed by atoms with Gasteiger partial charge in [0, 0.05) is 27.5 Å². The molecule has 0 radical (unpaired) electrons. The first kappa shape index (κ1) is 32.2. The van der Waals surface area contributed by atoms with Gasteiger partial charge in [-0.05, 0) is 62.7 Å². The van der Waals surface area contributed by atoms with Gasteiger partial charge in [0.25, 0.3) is 0 Å². The van der Waals surface area contributed by atoms with Gasteiger partial charge in [0.05, 0.1) is 0 Å². The van der Waals surface area contributed by atoms with Crippen LogP contribution in [0, 0.1) is 0 Å². The summed E-state index contributed by atoms with van der Waals surface area (Å²) in [4.78, 5) is 15.3. The Bertz CT molecular complexity index is 2930. The molecule has 0 bridgehead atoms. The van der Waals surface area contributed by atoms with Gasteiger partial charge in [-0.3, -0.25) is 0 Å². The molecule has 10 aromatic rings. The second kappa shape index (κ2) is 13.8. The van der Waals surface area contributed by atoms with E-state index in [1.54, 1.807) is 0 Å². The molecule has 0 amide bonds. The molecule has 0 saturated carbocycles. The fraction of sp³-hybridized carbons (Fsp3) is 0. The molecule has 2 aromatic heterocycles. The second-order valence-corrected chi connectivity index (χ2v) is 13.6. The standard InChI is InChI=1S/C51H33N3O/c1-3-11-34(12-4-1)35-19-21-36(22-20-35)37-23-27-40(28-24-37)49-52-50(54-51(53-49)46-17-8-7-15-43(46)39-13-5-2-6-14-39)41-29-25-38(26-30-41)42-31-32-45-44-16-9-10-18-47(44)55-48(45)33-42/h1-33H. The molecule has 0 saturated heterocycles. The van der Waals surface area contributed by atoms with Gasteiger partial charge in [0.15, 0.2) is 17.5 Å². The Hall–Kier alpha value is -7.43. The lowest BCUT2D eigenvalue weighted by Crippen LogP contribution is -2.01. The lowest BCUT2D eigenvalue weighted by atomic mass is 9.98. The van der Waals surface area contributed by atoms with Crippen LogP contribution in [0.25, 0.3) is 101 Å². The van der Waals surface area contributed by atoms with Crippen LogP contribution in [0.3, 0.4) is 0 Å². The zero-order valence-electron chi connectivity index (χ0n) is 29.8. The van der Waals surface area contributed by atoms with Gasteiger partial charge < -0.3 is 4.42 Å². The van der Waals surface area contributed by atoms with E-state index < -0.39 is 0 Å². The molecule has 0 spiro atoms. The second-order valence-electron chi connectivity index (χ2n) is 13.6. The molecule has 0 aliphatic rings. The lowest BCUT2D eigenvalue weighted by Gasteiger charge is -2.12. The molecule has 258 valence electrons. The maximum atomic E-state index is 6.19. The van der Waals surface area contributed by atoms with Gasteiger partial charge >= 0.3 is 0 Å². The molecule has 0 unspecified atom stereocenters. The Kier molecular flexibility index (Phi) is 8.12. The van der Waals surface area contributed by atoms with Gasteiger partial charge in [-0.2, -0.15) is 0 Å². The maximum absolute atomic E-state index is 6.19. The topological polar surface area (TPSA) is 51.8 Å². The fourth-order valence-electron chi connectivity index (χ4n) is 7.32. The normalized spacial score (nSPS) is 11.3. The zero-order valence-corrected chi connectivity index (χ0v) is 29.8. The summed E-state index contributed by atoms with van der Waals surface area (Å²) in [5, 5.41) is 2.24. The van der Waals surface area contributed by atoms with E-state index in [-0.39, 0.29) is 0 Å². The van der Waals surface area contributed by atoms with Gasteiger partial charge in [-0.1, -0.05) is 182 Å². The van der Waals surface area contributed by atoms with Crippen LogP contribution in [-0.2, 0) is 0 Å². The third-order valence-electron chi connectivity index (χ3n) is 10.2. The molecule has 4 heteroatoms.